The largest absolute Gasteiger partial charge is 0.469 e. The maximum atomic E-state index is 10.9. The van der Waals surface area contributed by atoms with Crippen LogP contribution in [0.15, 0.2) is 0 Å². The minimum Gasteiger partial charge on any atom is -0.469 e. The lowest BCUT2D eigenvalue weighted by Gasteiger charge is -2.29. The van der Waals surface area contributed by atoms with Crippen LogP contribution in [0, 0.1) is 11.8 Å². The first-order chi connectivity index (χ1) is 7.13. The van der Waals surface area contributed by atoms with Crippen LogP contribution in [0.2, 0.25) is 0 Å². The van der Waals surface area contributed by atoms with Gasteiger partial charge in [0.15, 0.2) is 0 Å². The molecule has 1 fully saturated rings. The van der Waals surface area contributed by atoms with Gasteiger partial charge < -0.3 is 9.84 Å². The van der Waals surface area contributed by atoms with Crippen LogP contribution in [0.4, 0.5) is 0 Å². The number of hydrogen-bond donors (Lipinski definition) is 1. The molecule has 1 aliphatic carbocycles. The van der Waals surface area contributed by atoms with E-state index >= 15 is 0 Å². The maximum absolute atomic E-state index is 10.9. The summed E-state index contributed by atoms with van der Waals surface area (Å²) in [6, 6.07) is 0. The fourth-order valence-electron chi connectivity index (χ4n) is 2.27. The van der Waals surface area contributed by atoms with Crippen LogP contribution in [0.1, 0.15) is 45.4 Å². The molecule has 0 spiro atoms. The summed E-state index contributed by atoms with van der Waals surface area (Å²) in [7, 11) is 1.39. The van der Waals surface area contributed by atoms with Gasteiger partial charge in [0.25, 0.3) is 0 Å². The normalized spacial score (nSPS) is 28.5. The maximum Gasteiger partial charge on any atom is 0.305 e. The van der Waals surface area contributed by atoms with Gasteiger partial charge in [0.05, 0.1) is 13.2 Å². The van der Waals surface area contributed by atoms with Gasteiger partial charge >= 0.3 is 5.97 Å². The van der Waals surface area contributed by atoms with E-state index in [1.165, 1.54) is 20.0 Å². The molecule has 3 nitrogen and oxygen atoms in total. The predicted molar refractivity (Wildman–Crippen MR) is 58.4 cm³/mol. The van der Waals surface area contributed by atoms with E-state index in [2.05, 4.69) is 11.7 Å². The van der Waals surface area contributed by atoms with Gasteiger partial charge in [-0.15, -0.1) is 0 Å². The van der Waals surface area contributed by atoms with Gasteiger partial charge in [-0.2, -0.15) is 0 Å². The minimum atomic E-state index is -0.323. The summed E-state index contributed by atoms with van der Waals surface area (Å²) in [5, 5.41) is 9.90. The topological polar surface area (TPSA) is 46.5 Å². The number of ether oxygens (including phenoxy) is 1. The SMILES string of the molecule is COC(=O)CCC(O)C1CCC(C)CC1. The molecular weight excluding hydrogens is 192 g/mol. The molecule has 1 rings (SSSR count). The van der Waals surface area contributed by atoms with Crippen LogP contribution in [-0.2, 0) is 9.53 Å². The second-order valence-corrected chi connectivity index (χ2v) is 4.70. The van der Waals surface area contributed by atoms with Gasteiger partial charge in [0.1, 0.15) is 0 Å². The van der Waals surface area contributed by atoms with Crippen molar-refractivity contribution in [2.24, 2.45) is 11.8 Å². The molecule has 0 aromatic carbocycles. The highest BCUT2D eigenvalue weighted by Crippen LogP contribution is 2.31. The number of rotatable bonds is 4. The fourth-order valence-corrected chi connectivity index (χ4v) is 2.27. The monoisotopic (exact) mass is 214 g/mol. The molecular formula is C12H22O3. The van der Waals surface area contributed by atoms with Crippen LogP contribution in [0.25, 0.3) is 0 Å². The fraction of sp³-hybridized carbons (Fsp3) is 0.917. The highest BCUT2D eigenvalue weighted by molar-refractivity contribution is 5.69. The van der Waals surface area contributed by atoms with Gasteiger partial charge in [0, 0.05) is 6.42 Å². The molecule has 0 amide bonds. The standard InChI is InChI=1S/C12H22O3/c1-9-3-5-10(6-4-9)11(13)7-8-12(14)15-2/h9-11,13H,3-8H2,1-2H3. The number of esters is 1. The average molecular weight is 214 g/mol. The molecule has 0 aliphatic heterocycles. The summed E-state index contributed by atoms with van der Waals surface area (Å²) in [6.45, 7) is 2.26. The zero-order chi connectivity index (χ0) is 11.3. The Hall–Kier alpha value is -0.570. The molecule has 1 aliphatic rings. The van der Waals surface area contributed by atoms with E-state index in [9.17, 15) is 9.90 Å². The van der Waals surface area contributed by atoms with Gasteiger partial charge in [-0.1, -0.05) is 19.8 Å². The van der Waals surface area contributed by atoms with Crippen LogP contribution in [0.3, 0.4) is 0 Å². The molecule has 0 radical (unpaired) electrons. The zero-order valence-electron chi connectivity index (χ0n) is 9.74. The highest BCUT2D eigenvalue weighted by Gasteiger charge is 2.24. The van der Waals surface area contributed by atoms with Crippen molar-refractivity contribution in [3.05, 3.63) is 0 Å². The second-order valence-electron chi connectivity index (χ2n) is 4.70. The lowest BCUT2D eigenvalue weighted by atomic mass is 9.79. The van der Waals surface area contributed by atoms with Crippen molar-refractivity contribution < 1.29 is 14.6 Å². The lowest BCUT2D eigenvalue weighted by molar-refractivity contribution is -0.141. The van der Waals surface area contributed by atoms with Crippen molar-refractivity contribution in [2.45, 2.75) is 51.6 Å². The van der Waals surface area contributed by atoms with Crippen LogP contribution < -0.4 is 0 Å². The Morgan fingerprint density at radius 1 is 1.40 bits per heavy atom. The van der Waals surface area contributed by atoms with Gasteiger partial charge in [-0.3, -0.25) is 4.79 Å². The number of aliphatic hydroxyl groups is 1. The van der Waals surface area contributed by atoms with E-state index in [1.54, 1.807) is 0 Å². The number of methoxy groups -OCH3 is 1. The molecule has 1 unspecified atom stereocenters. The van der Waals surface area contributed by atoms with Crippen LogP contribution in [-0.4, -0.2) is 24.3 Å². The van der Waals surface area contributed by atoms with Crippen molar-refractivity contribution in [1.82, 2.24) is 0 Å². The van der Waals surface area contributed by atoms with Gasteiger partial charge in [-0.25, -0.2) is 0 Å². The number of aliphatic hydroxyl groups excluding tert-OH is 1. The van der Waals surface area contributed by atoms with Crippen LogP contribution in [0.5, 0.6) is 0 Å². The number of carbonyl (C=O) groups is 1. The molecule has 15 heavy (non-hydrogen) atoms. The van der Waals surface area contributed by atoms with E-state index in [-0.39, 0.29) is 12.1 Å². The Morgan fingerprint density at radius 3 is 2.53 bits per heavy atom. The Morgan fingerprint density at radius 2 is 2.00 bits per heavy atom. The molecule has 1 saturated carbocycles. The molecule has 1 atom stereocenters. The van der Waals surface area contributed by atoms with E-state index in [0.717, 1.165) is 18.8 Å². The Bertz CT molecular complexity index is 195. The van der Waals surface area contributed by atoms with Crippen LogP contribution >= 0.6 is 0 Å². The number of hydrogen-bond acceptors (Lipinski definition) is 3. The van der Waals surface area contributed by atoms with Crippen molar-refractivity contribution in [1.29, 1.82) is 0 Å². The molecule has 0 bridgehead atoms. The van der Waals surface area contributed by atoms with Crippen molar-refractivity contribution >= 4 is 5.97 Å². The van der Waals surface area contributed by atoms with Gasteiger partial charge in [0.2, 0.25) is 0 Å². The molecule has 3 heteroatoms. The predicted octanol–water partition coefficient (Wildman–Crippen LogP) is 2.13. The first-order valence-electron chi connectivity index (χ1n) is 5.88. The Kier molecular flexibility index (Phi) is 5.09. The van der Waals surface area contributed by atoms with Crippen molar-refractivity contribution in [2.75, 3.05) is 7.11 Å². The highest BCUT2D eigenvalue weighted by atomic mass is 16.5. The average Bonchev–Trinajstić information content (AvgIpc) is 2.26. The van der Waals surface area contributed by atoms with E-state index in [0.29, 0.717) is 18.8 Å². The second kappa shape index (κ2) is 6.11. The third-order valence-corrected chi connectivity index (χ3v) is 3.48. The lowest BCUT2D eigenvalue weighted by Crippen LogP contribution is -2.25. The summed E-state index contributed by atoms with van der Waals surface area (Å²) in [6.07, 6.45) is 5.18. The summed E-state index contributed by atoms with van der Waals surface area (Å²) in [4.78, 5) is 10.9. The Balaban J connectivity index is 2.22. The third-order valence-electron chi connectivity index (χ3n) is 3.48. The number of carbonyl (C=O) groups excluding carboxylic acids is 1. The molecule has 0 heterocycles. The summed E-state index contributed by atoms with van der Waals surface area (Å²) in [5.41, 5.74) is 0. The first kappa shape index (κ1) is 12.5. The Labute approximate surface area is 91.8 Å². The summed E-state index contributed by atoms with van der Waals surface area (Å²) in [5.74, 6) is 0.971. The van der Waals surface area contributed by atoms with E-state index in [4.69, 9.17) is 0 Å². The smallest absolute Gasteiger partial charge is 0.305 e. The van der Waals surface area contributed by atoms with Crippen molar-refractivity contribution in [3.8, 4) is 0 Å². The molecule has 0 aromatic heterocycles. The first-order valence-corrected chi connectivity index (χ1v) is 5.88. The van der Waals surface area contributed by atoms with Gasteiger partial charge in [-0.05, 0) is 31.1 Å². The molecule has 0 saturated heterocycles. The molecule has 0 aromatic rings. The summed E-state index contributed by atoms with van der Waals surface area (Å²) >= 11 is 0. The molecule has 1 N–H and O–H groups in total. The third kappa shape index (κ3) is 4.20. The molecule has 88 valence electrons. The summed E-state index contributed by atoms with van der Waals surface area (Å²) < 4.78 is 4.55. The van der Waals surface area contributed by atoms with E-state index < -0.39 is 0 Å². The van der Waals surface area contributed by atoms with Crippen molar-refractivity contribution in [3.63, 3.8) is 0 Å². The minimum absolute atomic E-state index is 0.224. The zero-order valence-corrected chi connectivity index (χ0v) is 9.74. The van der Waals surface area contributed by atoms with E-state index in [1.807, 2.05) is 0 Å². The quantitative estimate of drug-likeness (QED) is 0.729.